The van der Waals surface area contributed by atoms with Gasteiger partial charge < -0.3 is 154 Å². The van der Waals surface area contributed by atoms with E-state index in [9.17, 15) is 97.0 Å². The first kappa shape index (κ1) is 74.2. The van der Waals surface area contributed by atoms with Gasteiger partial charge in [-0.25, -0.2) is 0 Å². The number of aliphatic hydroxyl groups excluding tert-OH is 18. The summed E-state index contributed by atoms with van der Waals surface area (Å²) in [6, 6.07) is 0. The number of fused-ring (bicyclic) bond motifs is 7. The van der Waals surface area contributed by atoms with E-state index in [2.05, 4.69) is 40.7 Å². The lowest BCUT2D eigenvalue weighted by molar-refractivity contribution is -0.372. The van der Waals surface area contributed by atoms with Crippen molar-refractivity contribution in [2.75, 3.05) is 46.2 Å². The van der Waals surface area contributed by atoms with Gasteiger partial charge in [0.15, 0.2) is 37.6 Å². The molecule has 0 aromatic carbocycles. The maximum absolute atomic E-state index is 15.5. The number of ether oxygens (including phenoxy) is 12. The average Bonchev–Trinajstić information content (AvgIpc) is 1.39. The number of hydrogen-bond donors (Lipinski definition) is 19. The highest BCUT2D eigenvalue weighted by molar-refractivity contribution is 5.80. The first-order valence-corrected chi connectivity index (χ1v) is 33.2. The highest BCUT2D eigenvalue weighted by Gasteiger charge is 2.73. The van der Waals surface area contributed by atoms with Crippen LogP contribution in [0.4, 0.5) is 0 Å². The second-order valence-corrected chi connectivity index (χ2v) is 30.8. The monoisotopic (exact) mass is 1370 g/mol. The van der Waals surface area contributed by atoms with E-state index in [0.717, 1.165) is 5.57 Å². The van der Waals surface area contributed by atoms with Crippen molar-refractivity contribution >= 4 is 5.97 Å². The van der Waals surface area contributed by atoms with Crippen molar-refractivity contribution in [2.24, 2.45) is 50.2 Å². The van der Waals surface area contributed by atoms with Crippen LogP contribution in [0.3, 0.4) is 0 Å². The first-order valence-electron chi connectivity index (χ1n) is 33.2. The second kappa shape index (κ2) is 27.3. The van der Waals surface area contributed by atoms with Crippen LogP contribution in [0, 0.1) is 50.2 Å². The fourth-order valence-corrected chi connectivity index (χ4v) is 18.8. The Morgan fingerprint density at radius 1 is 0.558 bits per heavy atom. The molecule has 0 radical (unpaired) electrons. The molecule has 95 heavy (non-hydrogen) atoms. The summed E-state index contributed by atoms with van der Waals surface area (Å²) in [5.41, 5.74) is -6.52. The highest BCUT2D eigenvalue weighted by Crippen LogP contribution is 2.76. The molecule has 0 aromatic rings. The van der Waals surface area contributed by atoms with Gasteiger partial charge in [-0.3, -0.25) is 4.79 Å². The lowest BCUT2D eigenvalue weighted by Gasteiger charge is -2.72. The molecule has 37 atom stereocenters. The Morgan fingerprint density at radius 3 is 1.83 bits per heavy atom. The van der Waals surface area contributed by atoms with Crippen LogP contribution in [0.25, 0.3) is 0 Å². The van der Waals surface area contributed by atoms with Gasteiger partial charge >= 0.3 is 5.97 Å². The lowest BCUT2D eigenvalue weighted by Crippen LogP contribution is -2.70. The predicted molar refractivity (Wildman–Crippen MR) is 313 cm³/mol. The van der Waals surface area contributed by atoms with Crippen molar-refractivity contribution in [3.63, 3.8) is 0 Å². The van der Waals surface area contributed by atoms with Crippen molar-refractivity contribution in [3.8, 4) is 0 Å². The summed E-state index contributed by atoms with van der Waals surface area (Å²) in [4.78, 5) is 15.5. The molecular weight excluding hydrogens is 1270 g/mol. The highest BCUT2D eigenvalue weighted by atomic mass is 16.8. The molecule has 6 saturated heterocycles. The van der Waals surface area contributed by atoms with Crippen LogP contribution in [-0.2, 0) is 61.6 Å². The minimum Gasteiger partial charge on any atom is -0.432 e. The third-order valence-corrected chi connectivity index (χ3v) is 24.6. The minimum absolute atomic E-state index is 0.0780. The van der Waals surface area contributed by atoms with Crippen molar-refractivity contribution in [1.29, 1.82) is 0 Å². The van der Waals surface area contributed by atoms with Gasteiger partial charge in [-0.15, -0.1) is 0 Å². The molecule has 32 nitrogen and oxygen atoms in total. The molecule has 5 aliphatic carbocycles. The Bertz CT molecular complexity index is 2700. The number of aliphatic hydroxyl groups is 19. The van der Waals surface area contributed by atoms with E-state index in [4.69, 9.17) is 56.8 Å². The molecule has 546 valence electrons. The van der Waals surface area contributed by atoms with Gasteiger partial charge in [-0.05, 0) is 97.7 Å². The quantitative estimate of drug-likeness (QED) is 0.0388. The van der Waals surface area contributed by atoms with Gasteiger partial charge in [-0.2, -0.15) is 0 Å². The Morgan fingerprint density at radius 2 is 1.17 bits per heavy atom. The predicted octanol–water partition coefficient (Wildman–Crippen LogP) is -6.53. The van der Waals surface area contributed by atoms with E-state index in [-0.39, 0.29) is 36.5 Å². The molecule has 0 unspecified atom stereocenters. The zero-order valence-electron chi connectivity index (χ0n) is 54.4. The molecule has 10 fully saturated rings. The van der Waals surface area contributed by atoms with Crippen molar-refractivity contribution in [3.05, 3.63) is 11.6 Å². The minimum atomic E-state index is -2.09. The normalized spacial score (nSPS) is 55.5. The number of hydrogen-bond acceptors (Lipinski definition) is 32. The van der Waals surface area contributed by atoms with E-state index in [1.54, 1.807) is 6.92 Å². The SMILES string of the molecule is C[C@@H]1O[C@@H](O[C@H]2[C@H](OC(=O)[C@]34CCC(C)(C)C[C@H]3C3=CC[C@@H]5[C@@]6(C)C[C@H](O)[C@H](O[C@@H]7O[C@H](CO[C@@H]8O[C@H](CO)[C@@H](O)[C@H](O)[C@H]8O)[C@@H](O)[C@H](O)[C@H]7O)[C@](C)(CO)[C@@H]6CC[C@@]5(C)[C@]3(C)C[C@H]4O)OC[C@H](O)[C@@H]2O)[C@H](O)[C@H](O)[C@H]1O[C@@H]1OC[C@@H](O)[C@H](O[C@@H]2OC[C@](O)(CO)[C@H]2O)[C@H]1O. The third kappa shape index (κ3) is 12.4. The zero-order valence-corrected chi connectivity index (χ0v) is 54.4. The Labute approximate surface area is 548 Å². The fraction of sp³-hybridized carbons (Fsp3) is 0.952. The molecule has 32 heteroatoms. The van der Waals surface area contributed by atoms with Gasteiger partial charge in [0.25, 0.3) is 0 Å². The molecule has 6 heterocycles. The molecular formula is C63H102O32. The molecule has 11 aliphatic rings. The largest absolute Gasteiger partial charge is 0.432 e. The van der Waals surface area contributed by atoms with E-state index in [0.29, 0.717) is 32.1 Å². The molecule has 0 spiro atoms. The van der Waals surface area contributed by atoms with E-state index in [1.165, 1.54) is 6.92 Å². The van der Waals surface area contributed by atoms with Crippen LogP contribution < -0.4 is 0 Å². The summed E-state index contributed by atoms with van der Waals surface area (Å²) < 4.78 is 70.2. The average molecular weight is 1370 g/mol. The first-order chi connectivity index (χ1) is 44.5. The number of allylic oxidation sites excluding steroid dienone is 2. The van der Waals surface area contributed by atoms with E-state index >= 15 is 4.79 Å². The molecule has 0 amide bonds. The molecule has 11 rings (SSSR count). The van der Waals surface area contributed by atoms with Gasteiger partial charge in [0, 0.05) is 5.41 Å². The number of carbonyl (C=O) groups excluding carboxylic acids is 1. The van der Waals surface area contributed by atoms with Crippen LogP contribution in [0.15, 0.2) is 11.6 Å². The van der Waals surface area contributed by atoms with Crippen LogP contribution in [-0.4, -0.2) is 327 Å². The van der Waals surface area contributed by atoms with Crippen LogP contribution in [0.5, 0.6) is 0 Å². The Hall–Kier alpha value is -1.99. The summed E-state index contributed by atoms with van der Waals surface area (Å²) in [6.45, 7) is 9.42. The summed E-state index contributed by atoms with van der Waals surface area (Å²) in [5, 5.41) is 210. The fourth-order valence-electron chi connectivity index (χ4n) is 18.8. The van der Waals surface area contributed by atoms with Gasteiger partial charge in [-0.1, -0.05) is 53.2 Å². The topological polar surface area (TPSA) is 512 Å². The molecule has 0 bridgehead atoms. The van der Waals surface area contributed by atoms with Gasteiger partial charge in [0.2, 0.25) is 6.29 Å². The number of carbonyl (C=O) groups is 1. The Kier molecular flexibility index (Phi) is 21.3. The maximum atomic E-state index is 15.5. The lowest BCUT2D eigenvalue weighted by atomic mass is 9.33. The van der Waals surface area contributed by atoms with E-state index in [1.807, 2.05) is 0 Å². The third-order valence-electron chi connectivity index (χ3n) is 24.6. The van der Waals surface area contributed by atoms with E-state index < -0.39 is 263 Å². The number of esters is 1. The summed E-state index contributed by atoms with van der Waals surface area (Å²) >= 11 is 0. The molecule has 4 saturated carbocycles. The molecule has 19 N–H and O–H groups in total. The summed E-state index contributed by atoms with van der Waals surface area (Å²) in [6.07, 6.45) is -41.3. The Balaban J connectivity index is 0.786. The number of rotatable bonds is 16. The second-order valence-electron chi connectivity index (χ2n) is 30.8. The summed E-state index contributed by atoms with van der Waals surface area (Å²) in [7, 11) is 0. The van der Waals surface area contributed by atoms with Crippen molar-refractivity contribution < 1.29 is 159 Å². The van der Waals surface area contributed by atoms with Gasteiger partial charge in [0.05, 0.1) is 70.7 Å². The van der Waals surface area contributed by atoms with Crippen LogP contribution in [0.2, 0.25) is 0 Å². The smallest absolute Gasteiger partial charge is 0.317 e. The van der Waals surface area contributed by atoms with Crippen molar-refractivity contribution in [1.82, 2.24) is 0 Å². The molecule has 0 aromatic heterocycles. The maximum Gasteiger partial charge on any atom is 0.317 e. The van der Waals surface area contributed by atoms with Crippen LogP contribution in [0.1, 0.15) is 99.8 Å². The summed E-state index contributed by atoms with van der Waals surface area (Å²) in [5.74, 6) is -2.08. The zero-order chi connectivity index (χ0) is 69.4. The van der Waals surface area contributed by atoms with Crippen LogP contribution >= 0.6 is 0 Å². The molecule has 6 aliphatic heterocycles. The van der Waals surface area contributed by atoms with Gasteiger partial charge in [0.1, 0.15) is 115 Å². The standard InChI is InChI=1S/C63H102O32/c1-24-45(91-51-44(80)46(29(69)19-84-51)92-55-48(81)62(83,22-66)23-87-55)40(76)43(79)52(88-24)93-47-35(71)28(68)18-85-54(47)95-56(82)63-13-12-57(2,3)14-26(63)25-8-9-33-58(4)15-27(67)49(59(5,21-65)32(58)10-11-60(33,6)61(25,7)16-34(63)70)94-53-42(78)39(75)37(73)31(90-53)20-86-50-41(77)38(74)36(72)30(17-64)89-50/h8,24,26-55,64-81,83H,9-23H2,1-7H3/t24-,26-,27-,28-,29+,30+,31+,32+,33+,34+,35-,36+,37+,38-,39-,40-,41+,42+,43+,44+,45-,46-,47+,48-,49-,50+,51-,52-,53-,54-,55-,58-,59+,60+,61+,62+,63+/m0/s1. The van der Waals surface area contributed by atoms with Crippen molar-refractivity contribution in [2.45, 2.75) is 277 Å².